The van der Waals surface area contributed by atoms with E-state index in [-0.39, 0.29) is 12.5 Å². The predicted molar refractivity (Wildman–Crippen MR) is 183 cm³/mol. The number of rotatable bonds is 12. The van der Waals surface area contributed by atoms with Crippen molar-refractivity contribution < 1.29 is 66.7 Å². The number of fused-ring (bicyclic) bond motifs is 3. The van der Waals surface area contributed by atoms with Gasteiger partial charge in [-0.1, -0.05) is 48.5 Å². The smallest absolute Gasteiger partial charge is 0.407 e. The number of hydrogen-bond donors (Lipinski definition) is 2. The zero-order valence-corrected chi connectivity index (χ0v) is 30.5. The van der Waals surface area contributed by atoms with Crippen LogP contribution in [0.3, 0.4) is 0 Å². The second-order valence-electron chi connectivity index (χ2n) is 13.4. The van der Waals surface area contributed by atoms with Crippen LogP contribution in [0.4, 0.5) is 4.79 Å². The topological polar surface area (TPSA) is 208 Å². The van der Waals surface area contributed by atoms with Gasteiger partial charge in [-0.2, -0.15) is 0 Å². The summed E-state index contributed by atoms with van der Waals surface area (Å²) in [5.74, 6) is -5.44. The molecule has 1 aliphatic heterocycles. The summed E-state index contributed by atoms with van der Waals surface area (Å²) in [6.07, 6.45) is -9.22. The number of esters is 5. The number of carbonyl (C=O) groups excluding carboxylic acids is 7. The van der Waals surface area contributed by atoms with Crippen LogP contribution in [0.5, 0.6) is 0 Å². The van der Waals surface area contributed by atoms with E-state index in [1.54, 1.807) is 20.8 Å². The minimum absolute atomic E-state index is 0.0716. The zero-order chi connectivity index (χ0) is 39.0. The zero-order valence-electron chi connectivity index (χ0n) is 30.5. The monoisotopic (exact) mass is 740 g/mol. The van der Waals surface area contributed by atoms with Gasteiger partial charge in [0.2, 0.25) is 5.91 Å². The number of hydrogen-bond acceptors (Lipinski definition) is 14. The lowest BCUT2D eigenvalue weighted by Gasteiger charge is -2.44. The molecular weight excluding hydrogens is 696 g/mol. The Bertz CT molecular complexity index is 1670. The van der Waals surface area contributed by atoms with E-state index in [1.165, 1.54) is 0 Å². The number of ether oxygens (including phenoxy) is 7. The summed E-state index contributed by atoms with van der Waals surface area (Å²) in [5.41, 5.74) is 2.96. The molecule has 2 amide bonds. The Labute approximate surface area is 306 Å². The van der Waals surface area contributed by atoms with Crippen LogP contribution in [0.1, 0.15) is 71.9 Å². The van der Waals surface area contributed by atoms with Crippen LogP contribution in [-0.2, 0) is 61.9 Å². The summed E-state index contributed by atoms with van der Waals surface area (Å²) in [6, 6.07) is 13.9. The Morgan fingerprint density at radius 2 is 1.23 bits per heavy atom. The van der Waals surface area contributed by atoms with E-state index >= 15 is 0 Å². The first-order chi connectivity index (χ1) is 24.9. The van der Waals surface area contributed by atoms with Crippen LogP contribution in [-0.4, -0.2) is 97.3 Å². The molecule has 0 aromatic heterocycles. The lowest BCUT2D eigenvalue weighted by atomic mass is 9.97. The first-order valence-electron chi connectivity index (χ1n) is 16.9. The van der Waals surface area contributed by atoms with Crippen LogP contribution in [0.25, 0.3) is 11.1 Å². The molecule has 1 heterocycles. The van der Waals surface area contributed by atoms with Gasteiger partial charge >= 0.3 is 35.9 Å². The van der Waals surface area contributed by atoms with Gasteiger partial charge in [-0.05, 0) is 43.0 Å². The molecule has 2 aromatic carbocycles. The maximum Gasteiger partial charge on any atom is 0.407 e. The highest BCUT2D eigenvalue weighted by Gasteiger charge is 2.53. The van der Waals surface area contributed by atoms with E-state index in [2.05, 4.69) is 10.6 Å². The molecule has 1 aliphatic carbocycles. The van der Waals surface area contributed by atoms with E-state index < -0.39 is 97.2 Å². The number of nitrogens with one attached hydrogen (secondary N) is 2. The van der Waals surface area contributed by atoms with Gasteiger partial charge in [-0.25, -0.2) is 9.59 Å². The largest absolute Gasteiger partial charge is 0.463 e. The Hall–Kier alpha value is -5.51. The molecule has 2 aromatic rings. The predicted octanol–water partition coefficient (Wildman–Crippen LogP) is 2.82. The van der Waals surface area contributed by atoms with Crippen molar-refractivity contribution in [3.8, 4) is 11.1 Å². The van der Waals surface area contributed by atoms with Gasteiger partial charge < -0.3 is 43.8 Å². The van der Waals surface area contributed by atoms with Gasteiger partial charge in [0, 0.05) is 33.6 Å². The van der Waals surface area contributed by atoms with Crippen LogP contribution in [0.2, 0.25) is 0 Å². The van der Waals surface area contributed by atoms with Gasteiger partial charge in [0.25, 0.3) is 0 Å². The molecule has 0 spiro atoms. The molecule has 286 valence electrons. The molecular formula is C37H44N2O14. The maximum absolute atomic E-state index is 13.6. The van der Waals surface area contributed by atoms with E-state index in [9.17, 15) is 33.6 Å². The van der Waals surface area contributed by atoms with Crippen LogP contribution < -0.4 is 10.6 Å². The summed E-state index contributed by atoms with van der Waals surface area (Å²) in [4.78, 5) is 88.1. The third-order valence-electron chi connectivity index (χ3n) is 8.01. The van der Waals surface area contributed by atoms with Crippen molar-refractivity contribution in [3.63, 3.8) is 0 Å². The molecule has 16 nitrogen and oxygen atoms in total. The second-order valence-corrected chi connectivity index (χ2v) is 13.4. The summed E-state index contributed by atoms with van der Waals surface area (Å²) >= 11 is 0. The van der Waals surface area contributed by atoms with Crippen molar-refractivity contribution in [2.75, 3.05) is 13.2 Å². The fourth-order valence-corrected chi connectivity index (χ4v) is 6.10. The van der Waals surface area contributed by atoms with Gasteiger partial charge in [0.1, 0.15) is 31.0 Å². The first-order valence-corrected chi connectivity index (χ1v) is 16.9. The van der Waals surface area contributed by atoms with Crippen molar-refractivity contribution in [3.05, 3.63) is 59.7 Å². The molecule has 0 saturated carbocycles. The summed E-state index contributed by atoms with van der Waals surface area (Å²) in [5, 5.41) is 4.90. The van der Waals surface area contributed by atoms with Gasteiger partial charge in [-0.3, -0.25) is 24.0 Å². The number of alkyl carbamates (subject to hydrolysis) is 1. The molecule has 1 saturated heterocycles. The van der Waals surface area contributed by atoms with E-state index in [0.29, 0.717) is 0 Å². The van der Waals surface area contributed by atoms with E-state index in [4.69, 9.17) is 33.2 Å². The lowest BCUT2D eigenvalue weighted by Crippen LogP contribution is -2.66. The number of amides is 2. The summed E-state index contributed by atoms with van der Waals surface area (Å²) in [7, 11) is 0. The average molecular weight is 741 g/mol. The Kier molecular flexibility index (Phi) is 13.2. The molecule has 0 radical (unpaired) electrons. The molecule has 4 rings (SSSR count). The van der Waals surface area contributed by atoms with E-state index in [1.807, 2.05) is 48.5 Å². The molecule has 53 heavy (non-hydrogen) atoms. The molecule has 0 bridgehead atoms. The Morgan fingerprint density at radius 3 is 1.75 bits per heavy atom. The standard InChI is InChI=1S/C37H44N2O14/c1-19(40)47-18-29-31(49-20(2)41)32(50-21(3)42)33(51-22(4)43)34(52-29)39-30(44)16-28(35(45)53-37(5,6)7)38-36(46)48-17-27-25-14-10-8-12-23(25)24-13-9-11-15-26(24)27/h8-15,27-29,31-34H,16-18H2,1-7H3,(H,38,46)(H,39,44)/t28-,29+,31-,32-,33+,34+/m0/s1. The molecule has 0 unspecified atom stereocenters. The van der Waals surface area contributed by atoms with Gasteiger partial charge in [0.15, 0.2) is 24.5 Å². The highest BCUT2D eigenvalue weighted by atomic mass is 16.7. The van der Waals surface area contributed by atoms with Crippen molar-refractivity contribution in [1.82, 2.24) is 10.6 Å². The number of benzene rings is 2. The first kappa shape index (κ1) is 40.3. The molecule has 2 N–H and O–H groups in total. The van der Waals surface area contributed by atoms with Crippen molar-refractivity contribution in [2.24, 2.45) is 0 Å². The molecule has 16 heteroatoms. The maximum atomic E-state index is 13.6. The Balaban J connectivity index is 1.54. The molecule has 2 aliphatic rings. The van der Waals surface area contributed by atoms with Crippen LogP contribution in [0.15, 0.2) is 48.5 Å². The quantitative estimate of drug-likeness (QED) is 0.237. The van der Waals surface area contributed by atoms with Crippen molar-refractivity contribution in [1.29, 1.82) is 0 Å². The highest BCUT2D eigenvalue weighted by Crippen LogP contribution is 2.44. The minimum atomic E-state index is -1.60. The fourth-order valence-electron chi connectivity index (χ4n) is 6.10. The third-order valence-corrected chi connectivity index (χ3v) is 8.01. The van der Waals surface area contributed by atoms with Gasteiger partial charge in [-0.15, -0.1) is 0 Å². The van der Waals surface area contributed by atoms with Crippen molar-refractivity contribution in [2.45, 2.75) is 103 Å². The minimum Gasteiger partial charge on any atom is -0.463 e. The fraction of sp³-hybridized carbons (Fsp3) is 0.486. The SMILES string of the molecule is CC(=O)OC[C@H]1O[C@@H](NC(=O)C[C@H](NC(=O)OCC2c3ccccc3-c3ccccc32)C(=O)OC(C)(C)C)[C@H](OC(C)=O)[C@@H](OC(C)=O)[C@H]1OC(C)=O. The van der Waals surface area contributed by atoms with E-state index in [0.717, 1.165) is 49.9 Å². The Morgan fingerprint density at radius 1 is 0.698 bits per heavy atom. The highest BCUT2D eigenvalue weighted by molar-refractivity contribution is 5.88. The lowest BCUT2D eigenvalue weighted by molar-refractivity contribution is -0.257. The summed E-state index contributed by atoms with van der Waals surface area (Å²) < 4.78 is 38.2. The second kappa shape index (κ2) is 17.3. The number of carbonyl (C=O) groups is 7. The third kappa shape index (κ3) is 11.0. The van der Waals surface area contributed by atoms with Crippen LogP contribution in [0, 0.1) is 0 Å². The normalized spacial score (nSPS) is 21.1. The van der Waals surface area contributed by atoms with Crippen LogP contribution >= 0.6 is 0 Å². The molecule has 1 fully saturated rings. The molecule has 6 atom stereocenters. The average Bonchev–Trinajstić information content (AvgIpc) is 3.37. The van der Waals surface area contributed by atoms with Gasteiger partial charge in [0.05, 0.1) is 6.42 Å². The summed E-state index contributed by atoms with van der Waals surface area (Å²) in [6.45, 7) is 8.52. The van der Waals surface area contributed by atoms with Crippen molar-refractivity contribution >= 4 is 41.8 Å².